The van der Waals surface area contributed by atoms with Gasteiger partial charge in [0.25, 0.3) is 5.92 Å². The predicted octanol–water partition coefficient (Wildman–Crippen LogP) is 1.17. The number of rotatable bonds is 4. The Labute approximate surface area is 83.9 Å². The maximum Gasteiger partial charge on any atom is 0.287 e. The summed E-state index contributed by atoms with van der Waals surface area (Å²) >= 11 is 5.55. The lowest BCUT2D eigenvalue weighted by atomic mass is 10.3. The number of hydrogen-bond donors (Lipinski definition) is 2. The number of anilines is 1. The Bertz CT molecular complexity index is 311. The molecular formula is C7H8ClF2N3O. The molecule has 14 heavy (non-hydrogen) atoms. The lowest BCUT2D eigenvalue weighted by Crippen LogP contribution is -2.31. The lowest BCUT2D eigenvalue weighted by Gasteiger charge is -2.14. The summed E-state index contributed by atoms with van der Waals surface area (Å²) in [7, 11) is 0. The summed E-state index contributed by atoms with van der Waals surface area (Å²) in [5.41, 5.74) is 0. The quantitative estimate of drug-likeness (QED) is 0.805. The molecule has 0 aliphatic heterocycles. The molecule has 0 aliphatic carbocycles. The first-order valence-electron chi connectivity index (χ1n) is 3.74. The summed E-state index contributed by atoms with van der Waals surface area (Å²) in [6.07, 6.45) is 2.67. The minimum absolute atomic E-state index is 0.0150. The zero-order chi connectivity index (χ0) is 10.6. The van der Waals surface area contributed by atoms with Gasteiger partial charge in [-0.2, -0.15) is 0 Å². The molecule has 0 fully saturated rings. The summed E-state index contributed by atoms with van der Waals surface area (Å²) in [5.74, 6) is -3.12. The van der Waals surface area contributed by atoms with Crippen LogP contribution in [-0.2, 0) is 0 Å². The van der Waals surface area contributed by atoms with Gasteiger partial charge >= 0.3 is 0 Å². The number of hydrogen-bond acceptors (Lipinski definition) is 4. The molecule has 0 aromatic carbocycles. The van der Waals surface area contributed by atoms with Crippen molar-refractivity contribution >= 4 is 17.4 Å². The number of aliphatic hydroxyl groups is 1. The van der Waals surface area contributed by atoms with E-state index in [-0.39, 0.29) is 11.0 Å². The van der Waals surface area contributed by atoms with Gasteiger partial charge in [0.1, 0.15) is 6.61 Å². The Morgan fingerprint density at radius 3 is 2.64 bits per heavy atom. The molecular weight excluding hydrogens is 216 g/mol. The van der Waals surface area contributed by atoms with Gasteiger partial charge in [0.15, 0.2) is 11.0 Å². The fourth-order valence-electron chi connectivity index (χ4n) is 0.709. The third-order valence-corrected chi connectivity index (χ3v) is 1.68. The highest BCUT2D eigenvalue weighted by Gasteiger charge is 2.27. The van der Waals surface area contributed by atoms with E-state index in [4.69, 9.17) is 16.7 Å². The fraction of sp³-hybridized carbons (Fsp3) is 0.429. The van der Waals surface area contributed by atoms with Crippen molar-refractivity contribution in [3.63, 3.8) is 0 Å². The molecule has 4 nitrogen and oxygen atoms in total. The molecule has 0 bridgehead atoms. The van der Waals surface area contributed by atoms with E-state index in [1.807, 2.05) is 0 Å². The number of alkyl halides is 2. The summed E-state index contributed by atoms with van der Waals surface area (Å²) < 4.78 is 25.1. The summed E-state index contributed by atoms with van der Waals surface area (Å²) in [6.45, 7) is -1.96. The van der Waals surface area contributed by atoms with Crippen molar-refractivity contribution in [2.75, 3.05) is 18.5 Å². The van der Waals surface area contributed by atoms with E-state index in [0.717, 1.165) is 0 Å². The Morgan fingerprint density at radius 2 is 2.07 bits per heavy atom. The minimum atomic E-state index is -3.19. The Balaban J connectivity index is 2.58. The van der Waals surface area contributed by atoms with Crippen LogP contribution in [0, 0.1) is 0 Å². The van der Waals surface area contributed by atoms with E-state index in [1.165, 1.54) is 12.4 Å². The predicted molar refractivity (Wildman–Crippen MR) is 47.6 cm³/mol. The first kappa shape index (κ1) is 11.1. The third kappa shape index (κ3) is 3.04. The van der Waals surface area contributed by atoms with E-state index >= 15 is 0 Å². The second-order valence-electron chi connectivity index (χ2n) is 2.56. The first-order chi connectivity index (χ1) is 6.55. The summed E-state index contributed by atoms with van der Waals surface area (Å²) in [4.78, 5) is 7.33. The van der Waals surface area contributed by atoms with Crippen LogP contribution in [-0.4, -0.2) is 34.1 Å². The average Bonchev–Trinajstić information content (AvgIpc) is 2.17. The van der Waals surface area contributed by atoms with Crippen molar-refractivity contribution < 1.29 is 13.9 Å². The van der Waals surface area contributed by atoms with Crippen molar-refractivity contribution in [1.29, 1.82) is 0 Å². The zero-order valence-corrected chi connectivity index (χ0v) is 7.80. The summed E-state index contributed by atoms with van der Waals surface area (Å²) in [5, 5.41) is 10.6. The van der Waals surface area contributed by atoms with Crippen LogP contribution in [0.1, 0.15) is 0 Å². The Kier molecular flexibility index (Phi) is 3.54. The molecule has 78 valence electrons. The minimum Gasteiger partial charge on any atom is -0.390 e. The van der Waals surface area contributed by atoms with E-state index in [0.29, 0.717) is 0 Å². The molecule has 0 saturated heterocycles. The van der Waals surface area contributed by atoms with Crippen LogP contribution in [0.5, 0.6) is 0 Å². The largest absolute Gasteiger partial charge is 0.390 e. The van der Waals surface area contributed by atoms with Crippen LogP contribution >= 0.6 is 11.6 Å². The highest BCUT2D eigenvalue weighted by Crippen LogP contribution is 2.17. The molecule has 0 saturated carbocycles. The number of nitrogens with one attached hydrogen (secondary N) is 1. The normalized spacial score (nSPS) is 11.4. The van der Waals surface area contributed by atoms with E-state index in [1.54, 1.807) is 0 Å². The van der Waals surface area contributed by atoms with Crippen molar-refractivity contribution in [3.8, 4) is 0 Å². The lowest BCUT2D eigenvalue weighted by molar-refractivity contribution is -0.0373. The van der Waals surface area contributed by atoms with Crippen LogP contribution in [0.4, 0.5) is 14.6 Å². The van der Waals surface area contributed by atoms with E-state index in [2.05, 4.69) is 15.3 Å². The van der Waals surface area contributed by atoms with E-state index in [9.17, 15) is 8.78 Å². The van der Waals surface area contributed by atoms with Crippen molar-refractivity contribution in [3.05, 3.63) is 17.5 Å². The Morgan fingerprint density at radius 1 is 1.43 bits per heavy atom. The SMILES string of the molecule is OCC(F)(F)CNc1nccnc1Cl. The molecule has 0 amide bonds. The van der Waals surface area contributed by atoms with Gasteiger partial charge in [0.2, 0.25) is 0 Å². The fourth-order valence-corrected chi connectivity index (χ4v) is 0.881. The highest BCUT2D eigenvalue weighted by molar-refractivity contribution is 6.31. The van der Waals surface area contributed by atoms with Crippen molar-refractivity contribution in [2.45, 2.75) is 5.92 Å². The molecule has 7 heteroatoms. The highest BCUT2D eigenvalue weighted by atomic mass is 35.5. The van der Waals surface area contributed by atoms with Crippen LogP contribution in [0.3, 0.4) is 0 Å². The topological polar surface area (TPSA) is 58.0 Å². The Hall–Kier alpha value is -1.01. The van der Waals surface area contributed by atoms with Gasteiger partial charge in [-0.3, -0.25) is 0 Å². The number of aliphatic hydroxyl groups excluding tert-OH is 1. The molecule has 1 heterocycles. The molecule has 0 radical (unpaired) electrons. The van der Waals surface area contributed by atoms with Crippen LogP contribution in [0.15, 0.2) is 12.4 Å². The second kappa shape index (κ2) is 4.47. The van der Waals surface area contributed by atoms with Crippen LogP contribution in [0.2, 0.25) is 5.15 Å². The van der Waals surface area contributed by atoms with Crippen molar-refractivity contribution in [2.24, 2.45) is 0 Å². The average molecular weight is 224 g/mol. The van der Waals surface area contributed by atoms with Crippen LogP contribution < -0.4 is 5.32 Å². The molecule has 0 atom stereocenters. The maximum atomic E-state index is 12.6. The van der Waals surface area contributed by atoms with Crippen molar-refractivity contribution in [1.82, 2.24) is 9.97 Å². The van der Waals surface area contributed by atoms with Gasteiger partial charge < -0.3 is 10.4 Å². The summed E-state index contributed by atoms with van der Waals surface area (Å²) in [6, 6.07) is 0. The molecule has 1 aromatic rings. The van der Waals surface area contributed by atoms with E-state index < -0.39 is 19.1 Å². The third-order valence-electron chi connectivity index (χ3n) is 1.40. The van der Waals surface area contributed by atoms with Gasteiger partial charge in [-0.05, 0) is 0 Å². The zero-order valence-electron chi connectivity index (χ0n) is 7.04. The number of nitrogens with zero attached hydrogens (tertiary/aromatic N) is 2. The molecule has 2 N–H and O–H groups in total. The molecule has 1 aromatic heterocycles. The van der Waals surface area contributed by atoms with Gasteiger partial charge in [-0.25, -0.2) is 18.7 Å². The standard InChI is InChI=1S/C7H8ClF2N3O/c8-5-6(12-2-1-11-5)13-3-7(9,10)4-14/h1-2,14H,3-4H2,(H,12,13). The second-order valence-corrected chi connectivity index (χ2v) is 2.92. The van der Waals surface area contributed by atoms with Gasteiger partial charge in [0.05, 0.1) is 6.54 Å². The molecule has 0 unspecified atom stereocenters. The number of aromatic nitrogens is 2. The smallest absolute Gasteiger partial charge is 0.287 e. The monoisotopic (exact) mass is 223 g/mol. The molecule has 1 rings (SSSR count). The maximum absolute atomic E-state index is 12.6. The van der Waals surface area contributed by atoms with Gasteiger partial charge in [-0.1, -0.05) is 11.6 Å². The first-order valence-corrected chi connectivity index (χ1v) is 4.12. The number of halogens is 3. The van der Waals surface area contributed by atoms with Gasteiger partial charge in [-0.15, -0.1) is 0 Å². The molecule has 0 spiro atoms. The van der Waals surface area contributed by atoms with Crippen LogP contribution in [0.25, 0.3) is 0 Å². The van der Waals surface area contributed by atoms with Gasteiger partial charge in [0, 0.05) is 12.4 Å². The molecule has 0 aliphatic rings.